The SMILES string of the molecule is CCOc1cc(/C=C(\C#N)C(=O)Nc2ccc(OC)cc2[N+](=O)[O-])ccc1OCc1ccc([N+](=O)[O-])cc1. The van der Waals surface area contributed by atoms with Crippen molar-refractivity contribution in [2.24, 2.45) is 0 Å². The van der Waals surface area contributed by atoms with Crippen molar-refractivity contribution in [2.75, 3.05) is 19.0 Å². The zero-order chi connectivity index (χ0) is 27.7. The smallest absolute Gasteiger partial charge is 0.296 e. The monoisotopic (exact) mass is 518 g/mol. The zero-order valence-corrected chi connectivity index (χ0v) is 20.4. The Morgan fingerprint density at radius 1 is 1.00 bits per heavy atom. The van der Waals surface area contributed by atoms with Crippen LogP contribution in [0.5, 0.6) is 17.2 Å². The number of nitro groups is 2. The van der Waals surface area contributed by atoms with E-state index in [-0.39, 0.29) is 35.0 Å². The van der Waals surface area contributed by atoms with Crippen LogP contribution in [0.2, 0.25) is 0 Å². The van der Waals surface area contributed by atoms with Gasteiger partial charge in [0.1, 0.15) is 29.7 Å². The van der Waals surface area contributed by atoms with E-state index in [2.05, 4.69) is 5.32 Å². The van der Waals surface area contributed by atoms with Crippen LogP contribution in [0.3, 0.4) is 0 Å². The lowest BCUT2D eigenvalue weighted by atomic mass is 10.1. The normalized spacial score (nSPS) is 10.7. The summed E-state index contributed by atoms with van der Waals surface area (Å²) >= 11 is 0. The lowest BCUT2D eigenvalue weighted by Gasteiger charge is -2.13. The Morgan fingerprint density at radius 2 is 1.74 bits per heavy atom. The quantitative estimate of drug-likeness (QED) is 0.158. The lowest BCUT2D eigenvalue weighted by Crippen LogP contribution is -2.14. The second-order valence-corrected chi connectivity index (χ2v) is 7.62. The number of nitrogens with one attached hydrogen (secondary N) is 1. The summed E-state index contributed by atoms with van der Waals surface area (Å²) in [5.74, 6) is 0.146. The summed E-state index contributed by atoms with van der Waals surface area (Å²) in [4.78, 5) is 33.8. The summed E-state index contributed by atoms with van der Waals surface area (Å²) in [5.41, 5.74) is 0.358. The molecule has 3 rings (SSSR count). The minimum atomic E-state index is -0.836. The second kappa shape index (κ2) is 12.5. The fourth-order valence-electron chi connectivity index (χ4n) is 3.28. The molecule has 0 aliphatic carbocycles. The highest BCUT2D eigenvalue weighted by Crippen LogP contribution is 2.31. The van der Waals surface area contributed by atoms with E-state index in [1.165, 1.54) is 37.5 Å². The molecule has 3 aromatic carbocycles. The van der Waals surface area contributed by atoms with Crippen molar-refractivity contribution in [3.05, 3.63) is 97.6 Å². The van der Waals surface area contributed by atoms with Gasteiger partial charge in [0.15, 0.2) is 11.5 Å². The lowest BCUT2D eigenvalue weighted by molar-refractivity contribution is -0.384. The van der Waals surface area contributed by atoms with Gasteiger partial charge in [-0.25, -0.2) is 0 Å². The van der Waals surface area contributed by atoms with Crippen LogP contribution in [-0.4, -0.2) is 29.5 Å². The van der Waals surface area contributed by atoms with Crippen molar-refractivity contribution in [1.29, 1.82) is 5.26 Å². The standard InChI is InChI=1S/C26H22N4O8/c1-3-37-25-13-18(6-11-24(25)38-16-17-4-7-20(8-5-17)29(32)33)12-19(15-27)26(31)28-22-10-9-21(36-2)14-23(22)30(34)35/h4-14H,3,16H2,1-2H3,(H,28,31)/b19-12+. The fraction of sp³-hybridized carbons (Fsp3) is 0.154. The van der Waals surface area contributed by atoms with E-state index in [9.17, 15) is 30.3 Å². The average Bonchev–Trinajstić information content (AvgIpc) is 2.91. The van der Waals surface area contributed by atoms with Gasteiger partial charge in [-0.1, -0.05) is 6.07 Å². The van der Waals surface area contributed by atoms with Crippen LogP contribution in [0, 0.1) is 31.6 Å². The van der Waals surface area contributed by atoms with Crippen LogP contribution >= 0.6 is 0 Å². The number of hydrogen-bond donors (Lipinski definition) is 1. The second-order valence-electron chi connectivity index (χ2n) is 7.62. The summed E-state index contributed by atoms with van der Waals surface area (Å²) < 4.78 is 16.4. The minimum absolute atomic E-state index is 0.0289. The molecule has 0 atom stereocenters. The van der Waals surface area contributed by atoms with E-state index in [1.807, 2.05) is 0 Å². The number of anilines is 1. The molecule has 0 unspecified atom stereocenters. The molecular formula is C26H22N4O8. The number of methoxy groups -OCH3 is 1. The fourth-order valence-corrected chi connectivity index (χ4v) is 3.28. The molecule has 0 saturated heterocycles. The predicted molar refractivity (Wildman–Crippen MR) is 137 cm³/mol. The third-order valence-corrected chi connectivity index (χ3v) is 5.13. The first-order chi connectivity index (χ1) is 18.2. The number of rotatable bonds is 11. The molecule has 0 aliphatic rings. The van der Waals surface area contributed by atoms with Crippen molar-refractivity contribution in [2.45, 2.75) is 13.5 Å². The molecule has 12 nitrogen and oxygen atoms in total. The van der Waals surface area contributed by atoms with Crippen molar-refractivity contribution in [1.82, 2.24) is 0 Å². The van der Waals surface area contributed by atoms with Crippen LogP contribution in [-0.2, 0) is 11.4 Å². The van der Waals surface area contributed by atoms with Crippen molar-refractivity contribution >= 4 is 29.0 Å². The number of amides is 1. The molecule has 0 saturated carbocycles. The molecule has 0 heterocycles. The van der Waals surface area contributed by atoms with Crippen molar-refractivity contribution in [3.63, 3.8) is 0 Å². The Labute approximate surface area is 217 Å². The van der Waals surface area contributed by atoms with Crippen LogP contribution < -0.4 is 19.5 Å². The number of nitro benzene ring substituents is 2. The summed E-state index contributed by atoms with van der Waals surface area (Å²) in [5, 5.41) is 34.1. The van der Waals surface area contributed by atoms with E-state index in [1.54, 1.807) is 43.3 Å². The molecule has 0 radical (unpaired) electrons. The Balaban J connectivity index is 1.80. The van der Waals surface area contributed by atoms with Crippen LogP contribution in [0.1, 0.15) is 18.1 Å². The molecule has 0 spiro atoms. The van der Waals surface area contributed by atoms with Gasteiger partial charge < -0.3 is 19.5 Å². The third kappa shape index (κ3) is 6.82. The van der Waals surface area contributed by atoms with Gasteiger partial charge in [-0.05, 0) is 60.5 Å². The largest absolute Gasteiger partial charge is 0.496 e. The highest BCUT2D eigenvalue weighted by atomic mass is 16.6. The van der Waals surface area contributed by atoms with Gasteiger partial charge in [0, 0.05) is 12.1 Å². The predicted octanol–water partition coefficient (Wildman–Crippen LogP) is 5.03. The van der Waals surface area contributed by atoms with Crippen LogP contribution in [0.4, 0.5) is 17.1 Å². The molecule has 38 heavy (non-hydrogen) atoms. The van der Waals surface area contributed by atoms with E-state index in [0.29, 0.717) is 29.2 Å². The zero-order valence-electron chi connectivity index (χ0n) is 20.4. The van der Waals surface area contributed by atoms with Gasteiger partial charge in [0.25, 0.3) is 17.3 Å². The summed E-state index contributed by atoms with van der Waals surface area (Å²) in [6.45, 7) is 2.21. The van der Waals surface area contributed by atoms with E-state index < -0.39 is 15.8 Å². The van der Waals surface area contributed by atoms with Gasteiger partial charge in [0.2, 0.25) is 0 Å². The first kappa shape index (κ1) is 27.2. The average molecular weight is 518 g/mol. The van der Waals surface area contributed by atoms with Gasteiger partial charge in [-0.15, -0.1) is 0 Å². The number of nitriles is 1. The number of hydrogen-bond acceptors (Lipinski definition) is 9. The number of non-ortho nitro benzene ring substituents is 1. The van der Waals surface area contributed by atoms with Gasteiger partial charge in [-0.2, -0.15) is 5.26 Å². The van der Waals surface area contributed by atoms with E-state index in [4.69, 9.17) is 14.2 Å². The van der Waals surface area contributed by atoms with Crippen LogP contribution in [0.25, 0.3) is 6.08 Å². The first-order valence-corrected chi connectivity index (χ1v) is 11.1. The summed E-state index contributed by atoms with van der Waals surface area (Å²) in [7, 11) is 1.36. The molecule has 3 aromatic rings. The van der Waals surface area contributed by atoms with E-state index >= 15 is 0 Å². The molecule has 1 N–H and O–H groups in total. The maximum Gasteiger partial charge on any atom is 0.296 e. The maximum atomic E-state index is 12.7. The van der Waals surface area contributed by atoms with Gasteiger partial charge in [0.05, 0.1) is 29.6 Å². The first-order valence-electron chi connectivity index (χ1n) is 11.1. The molecule has 0 bridgehead atoms. The third-order valence-electron chi connectivity index (χ3n) is 5.13. The Bertz CT molecular complexity index is 1430. The van der Waals surface area contributed by atoms with Crippen LogP contribution in [0.15, 0.2) is 66.2 Å². The van der Waals surface area contributed by atoms with Gasteiger partial charge in [-0.3, -0.25) is 25.0 Å². The molecule has 0 fully saturated rings. The Morgan fingerprint density at radius 3 is 2.34 bits per heavy atom. The van der Waals surface area contributed by atoms with E-state index in [0.717, 1.165) is 6.07 Å². The number of benzene rings is 3. The summed E-state index contributed by atoms with van der Waals surface area (Å²) in [6, 6.07) is 16.4. The molecule has 12 heteroatoms. The minimum Gasteiger partial charge on any atom is -0.496 e. The summed E-state index contributed by atoms with van der Waals surface area (Å²) in [6.07, 6.45) is 1.31. The highest BCUT2D eigenvalue weighted by Gasteiger charge is 2.19. The highest BCUT2D eigenvalue weighted by molar-refractivity contribution is 6.10. The van der Waals surface area contributed by atoms with Gasteiger partial charge >= 0.3 is 0 Å². The van der Waals surface area contributed by atoms with Crippen molar-refractivity contribution in [3.8, 4) is 23.3 Å². The number of nitrogens with zero attached hydrogens (tertiary/aromatic N) is 3. The molecule has 0 aromatic heterocycles. The van der Waals surface area contributed by atoms with Crippen molar-refractivity contribution < 1.29 is 28.9 Å². The number of ether oxygens (including phenoxy) is 3. The number of carbonyl (C=O) groups excluding carboxylic acids is 1. The maximum absolute atomic E-state index is 12.7. The topological polar surface area (TPSA) is 167 Å². The molecule has 1 amide bonds. The molecular weight excluding hydrogens is 496 g/mol. The number of carbonyl (C=O) groups is 1. The Kier molecular flexibility index (Phi) is 8.93. The Hall–Kier alpha value is -5.44. The molecule has 0 aliphatic heterocycles. The molecule has 194 valence electrons.